The lowest BCUT2D eigenvalue weighted by Crippen LogP contribution is -2.13. The number of rotatable bonds is 4. The molecule has 0 spiro atoms. The molecule has 1 N–H and O–H groups in total. The van der Waals surface area contributed by atoms with Gasteiger partial charge >= 0.3 is 0 Å². The van der Waals surface area contributed by atoms with Crippen molar-refractivity contribution in [1.29, 1.82) is 0 Å². The highest BCUT2D eigenvalue weighted by atomic mass is 16.5. The lowest BCUT2D eigenvalue weighted by molar-refractivity contribution is 0.0282. The van der Waals surface area contributed by atoms with E-state index >= 15 is 0 Å². The van der Waals surface area contributed by atoms with E-state index in [1.165, 1.54) is 0 Å². The zero-order valence-corrected chi connectivity index (χ0v) is 6.55. The maximum Gasteiger partial charge on any atom is 0.0778 e. The first-order chi connectivity index (χ1) is 4.81. The standard InChI is InChI=1S/C8H14O2/c1-3-4-5-6-10-8(2)7-9/h8-9H,5-7H2,1-2H3. The first-order valence-corrected chi connectivity index (χ1v) is 3.43. The SMILES string of the molecule is CC#CCCOC(C)CO. The largest absolute Gasteiger partial charge is 0.394 e. The van der Waals surface area contributed by atoms with Crippen LogP contribution in [0.3, 0.4) is 0 Å². The molecule has 2 heteroatoms. The summed E-state index contributed by atoms with van der Waals surface area (Å²) in [6.07, 6.45) is 0.694. The van der Waals surface area contributed by atoms with Crippen LogP contribution in [0.4, 0.5) is 0 Å². The van der Waals surface area contributed by atoms with Crippen molar-refractivity contribution in [1.82, 2.24) is 0 Å². The van der Waals surface area contributed by atoms with Crippen molar-refractivity contribution >= 4 is 0 Å². The predicted octanol–water partition coefficient (Wildman–Crippen LogP) is 0.797. The average molecular weight is 142 g/mol. The molecule has 0 aliphatic rings. The van der Waals surface area contributed by atoms with E-state index in [0.717, 1.165) is 6.42 Å². The summed E-state index contributed by atoms with van der Waals surface area (Å²) in [6, 6.07) is 0. The van der Waals surface area contributed by atoms with Crippen molar-refractivity contribution in [2.45, 2.75) is 26.4 Å². The number of aliphatic hydroxyl groups excluding tert-OH is 1. The van der Waals surface area contributed by atoms with Gasteiger partial charge in [-0.1, -0.05) is 0 Å². The van der Waals surface area contributed by atoms with Gasteiger partial charge in [0.05, 0.1) is 19.3 Å². The van der Waals surface area contributed by atoms with Crippen molar-refractivity contribution in [3.05, 3.63) is 0 Å². The van der Waals surface area contributed by atoms with Crippen LogP contribution in [0.5, 0.6) is 0 Å². The second-order valence-corrected chi connectivity index (χ2v) is 2.04. The van der Waals surface area contributed by atoms with E-state index < -0.39 is 0 Å². The molecule has 0 saturated carbocycles. The van der Waals surface area contributed by atoms with E-state index in [1.54, 1.807) is 6.92 Å². The van der Waals surface area contributed by atoms with Gasteiger partial charge in [-0.3, -0.25) is 0 Å². The summed E-state index contributed by atoms with van der Waals surface area (Å²) in [7, 11) is 0. The minimum atomic E-state index is -0.0568. The molecule has 1 atom stereocenters. The van der Waals surface area contributed by atoms with Crippen molar-refractivity contribution in [2.24, 2.45) is 0 Å². The molecule has 0 aliphatic carbocycles. The molecule has 0 aromatic rings. The topological polar surface area (TPSA) is 29.5 Å². The van der Waals surface area contributed by atoms with E-state index in [-0.39, 0.29) is 12.7 Å². The third kappa shape index (κ3) is 5.61. The average Bonchev–Trinajstić information content (AvgIpc) is 1.98. The van der Waals surface area contributed by atoms with E-state index in [4.69, 9.17) is 9.84 Å². The molecule has 0 radical (unpaired) electrons. The quantitative estimate of drug-likeness (QED) is 0.464. The first kappa shape index (κ1) is 9.48. The van der Waals surface area contributed by atoms with Gasteiger partial charge in [0, 0.05) is 6.42 Å². The van der Waals surface area contributed by atoms with Gasteiger partial charge in [0.15, 0.2) is 0 Å². The van der Waals surface area contributed by atoms with Crippen LogP contribution in [-0.2, 0) is 4.74 Å². The Morgan fingerprint density at radius 1 is 1.60 bits per heavy atom. The molecule has 0 bridgehead atoms. The van der Waals surface area contributed by atoms with Crippen molar-refractivity contribution in [3.8, 4) is 11.8 Å². The molecule has 58 valence electrons. The third-order valence-corrected chi connectivity index (χ3v) is 1.06. The fraction of sp³-hybridized carbons (Fsp3) is 0.750. The number of hydrogen-bond donors (Lipinski definition) is 1. The molecule has 1 unspecified atom stereocenters. The van der Waals surface area contributed by atoms with E-state index in [0.29, 0.717) is 6.61 Å². The van der Waals surface area contributed by atoms with Crippen LogP contribution >= 0.6 is 0 Å². The Bertz CT molecular complexity index is 121. The van der Waals surface area contributed by atoms with Crippen LogP contribution in [0, 0.1) is 11.8 Å². The highest BCUT2D eigenvalue weighted by molar-refractivity contribution is 4.94. The Balaban J connectivity index is 3.08. The fourth-order valence-electron chi connectivity index (χ4n) is 0.489. The van der Waals surface area contributed by atoms with E-state index in [9.17, 15) is 0 Å². The maximum atomic E-state index is 8.53. The Hall–Kier alpha value is -0.520. The lowest BCUT2D eigenvalue weighted by Gasteiger charge is -2.06. The van der Waals surface area contributed by atoms with Gasteiger partial charge in [-0.25, -0.2) is 0 Å². The predicted molar refractivity (Wildman–Crippen MR) is 40.6 cm³/mol. The van der Waals surface area contributed by atoms with Crippen LogP contribution < -0.4 is 0 Å². The fourth-order valence-corrected chi connectivity index (χ4v) is 0.489. The minimum absolute atomic E-state index is 0.0568. The number of aliphatic hydroxyl groups is 1. The number of hydrogen-bond acceptors (Lipinski definition) is 2. The maximum absolute atomic E-state index is 8.53. The van der Waals surface area contributed by atoms with E-state index in [1.807, 2.05) is 6.92 Å². The van der Waals surface area contributed by atoms with Gasteiger partial charge in [0.2, 0.25) is 0 Å². The molecule has 0 fully saturated rings. The molecule has 0 rings (SSSR count). The molecular weight excluding hydrogens is 128 g/mol. The summed E-state index contributed by atoms with van der Waals surface area (Å²) in [5, 5.41) is 8.53. The summed E-state index contributed by atoms with van der Waals surface area (Å²) in [5.41, 5.74) is 0. The zero-order valence-electron chi connectivity index (χ0n) is 6.55. The Morgan fingerprint density at radius 3 is 2.80 bits per heavy atom. The summed E-state index contributed by atoms with van der Waals surface area (Å²) < 4.78 is 5.14. The lowest BCUT2D eigenvalue weighted by atomic mass is 10.4. The second-order valence-electron chi connectivity index (χ2n) is 2.04. The van der Waals surface area contributed by atoms with E-state index in [2.05, 4.69) is 11.8 Å². The van der Waals surface area contributed by atoms with Crippen LogP contribution in [0.1, 0.15) is 20.3 Å². The van der Waals surface area contributed by atoms with Crippen LogP contribution in [-0.4, -0.2) is 24.4 Å². The molecule has 0 heterocycles. The summed E-state index contributed by atoms with van der Waals surface area (Å²) in [5.74, 6) is 5.64. The monoisotopic (exact) mass is 142 g/mol. The molecule has 2 nitrogen and oxygen atoms in total. The first-order valence-electron chi connectivity index (χ1n) is 3.43. The van der Waals surface area contributed by atoms with Crippen molar-refractivity contribution in [2.75, 3.05) is 13.2 Å². The van der Waals surface area contributed by atoms with Crippen LogP contribution in [0.2, 0.25) is 0 Å². The smallest absolute Gasteiger partial charge is 0.0778 e. The van der Waals surface area contributed by atoms with Gasteiger partial charge in [0.1, 0.15) is 0 Å². The second kappa shape index (κ2) is 6.60. The highest BCUT2D eigenvalue weighted by Gasteiger charge is 1.95. The minimum Gasteiger partial charge on any atom is -0.394 e. The molecule has 0 saturated heterocycles. The molecule has 0 amide bonds. The molecular formula is C8H14O2. The highest BCUT2D eigenvalue weighted by Crippen LogP contribution is 1.89. The summed E-state index contributed by atoms with van der Waals surface area (Å²) in [6.45, 7) is 4.33. The van der Waals surface area contributed by atoms with Crippen LogP contribution in [0.25, 0.3) is 0 Å². The molecule has 0 aromatic heterocycles. The molecule has 0 aromatic carbocycles. The normalized spacial score (nSPS) is 11.9. The number of ether oxygens (including phenoxy) is 1. The van der Waals surface area contributed by atoms with Gasteiger partial charge in [0.25, 0.3) is 0 Å². The van der Waals surface area contributed by atoms with Gasteiger partial charge < -0.3 is 9.84 Å². The molecule has 0 aliphatic heterocycles. The Kier molecular flexibility index (Phi) is 6.25. The Morgan fingerprint density at radius 2 is 2.30 bits per heavy atom. The van der Waals surface area contributed by atoms with Gasteiger partial charge in [-0.05, 0) is 13.8 Å². The Labute approximate surface area is 62.2 Å². The van der Waals surface area contributed by atoms with Gasteiger partial charge in [-0.15, -0.1) is 11.8 Å². The van der Waals surface area contributed by atoms with Crippen molar-refractivity contribution < 1.29 is 9.84 Å². The van der Waals surface area contributed by atoms with Crippen molar-refractivity contribution in [3.63, 3.8) is 0 Å². The molecule has 10 heavy (non-hydrogen) atoms. The zero-order chi connectivity index (χ0) is 7.82. The summed E-state index contributed by atoms with van der Waals surface area (Å²) in [4.78, 5) is 0. The van der Waals surface area contributed by atoms with Crippen LogP contribution in [0.15, 0.2) is 0 Å². The van der Waals surface area contributed by atoms with Gasteiger partial charge in [-0.2, -0.15) is 0 Å². The third-order valence-electron chi connectivity index (χ3n) is 1.06. The summed E-state index contributed by atoms with van der Waals surface area (Å²) >= 11 is 0.